The highest BCUT2D eigenvalue weighted by atomic mass is 16.5. The predicted molar refractivity (Wildman–Crippen MR) is 111 cm³/mol. The highest BCUT2D eigenvalue weighted by Gasteiger charge is 2.34. The second-order valence-electron chi connectivity index (χ2n) is 8.10. The van der Waals surface area contributed by atoms with Crippen molar-refractivity contribution in [3.8, 4) is 0 Å². The maximum absolute atomic E-state index is 13.0. The summed E-state index contributed by atoms with van der Waals surface area (Å²) in [6.07, 6.45) is 4.73. The van der Waals surface area contributed by atoms with Crippen LogP contribution < -0.4 is 0 Å². The molecule has 2 aliphatic heterocycles. The van der Waals surface area contributed by atoms with Crippen LogP contribution in [0, 0.1) is 19.8 Å². The molecule has 2 aromatic rings. The van der Waals surface area contributed by atoms with Crippen molar-refractivity contribution in [3.05, 3.63) is 59.0 Å². The lowest BCUT2D eigenvalue weighted by atomic mass is 10.1. The molecule has 0 N–H and O–H groups in total. The molecule has 0 unspecified atom stereocenters. The number of hydrogen-bond donors (Lipinski definition) is 0. The van der Waals surface area contributed by atoms with Crippen LogP contribution >= 0.6 is 0 Å². The molecule has 0 aliphatic carbocycles. The highest BCUT2D eigenvalue weighted by Crippen LogP contribution is 2.22. The van der Waals surface area contributed by atoms with Gasteiger partial charge >= 0.3 is 0 Å². The van der Waals surface area contributed by atoms with E-state index in [4.69, 9.17) is 9.26 Å². The van der Waals surface area contributed by atoms with Gasteiger partial charge in [0.1, 0.15) is 5.76 Å². The largest absolute Gasteiger partial charge is 0.379 e. The van der Waals surface area contributed by atoms with Gasteiger partial charge in [-0.3, -0.25) is 9.69 Å². The van der Waals surface area contributed by atoms with Crippen LogP contribution in [0.1, 0.15) is 22.6 Å². The second kappa shape index (κ2) is 8.93. The molecule has 2 saturated heterocycles. The smallest absolute Gasteiger partial charge is 0.227 e. The van der Waals surface area contributed by atoms with Gasteiger partial charge in [-0.2, -0.15) is 0 Å². The Bertz CT molecular complexity index is 842. The molecule has 6 heteroatoms. The van der Waals surface area contributed by atoms with Gasteiger partial charge in [-0.05, 0) is 19.4 Å². The minimum Gasteiger partial charge on any atom is -0.379 e. The fourth-order valence-electron chi connectivity index (χ4n) is 4.26. The van der Waals surface area contributed by atoms with E-state index >= 15 is 0 Å². The lowest BCUT2D eigenvalue weighted by Gasteiger charge is -2.31. The van der Waals surface area contributed by atoms with Crippen molar-refractivity contribution < 1.29 is 14.1 Å². The number of aryl methyl sites for hydroxylation is 2. The average molecular weight is 396 g/mol. The van der Waals surface area contributed by atoms with Crippen LogP contribution in [0.25, 0.3) is 6.08 Å². The molecule has 2 fully saturated rings. The van der Waals surface area contributed by atoms with Gasteiger partial charge in [-0.1, -0.05) is 47.6 Å². The van der Waals surface area contributed by atoms with E-state index in [0.29, 0.717) is 32.1 Å². The minimum atomic E-state index is 0.151. The maximum Gasteiger partial charge on any atom is 0.227 e. The number of carbonyl (C=O) groups is 1. The first-order valence-electron chi connectivity index (χ1n) is 10.3. The number of fused-ring (bicyclic) bond motifs is 3. The Balaban J connectivity index is 1.42. The Morgan fingerprint density at radius 1 is 1.17 bits per heavy atom. The van der Waals surface area contributed by atoms with E-state index < -0.39 is 0 Å². The van der Waals surface area contributed by atoms with E-state index in [0.717, 1.165) is 36.7 Å². The van der Waals surface area contributed by atoms with Crippen LogP contribution in [-0.4, -0.2) is 66.3 Å². The first-order chi connectivity index (χ1) is 14.1. The van der Waals surface area contributed by atoms with Crippen LogP contribution in [0.4, 0.5) is 0 Å². The molecule has 2 atom stereocenters. The van der Waals surface area contributed by atoms with Crippen LogP contribution in [0.5, 0.6) is 0 Å². The summed E-state index contributed by atoms with van der Waals surface area (Å²) in [6, 6.07) is 10.6. The van der Waals surface area contributed by atoms with Crippen molar-refractivity contribution in [1.82, 2.24) is 15.0 Å². The quantitative estimate of drug-likeness (QED) is 0.779. The van der Waals surface area contributed by atoms with E-state index in [1.165, 1.54) is 5.56 Å². The summed E-state index contributed by atoms with van der Waals surface area (Å²) in [7, 11) is 0. The van der Waals surface area contributed by atoms with E-state index in [2.05, 4.69) is 46.5 Å². The van der Waals surface area contributed by atoms with Crippen molar-refractivity contribution >= 4 is 12.0 Å². The molecular weight excluding hydrogens is 366 g/mol. The molecular formula is C23H29N3O3. The summed E-state index contributed by atoms with van der Waals surface area (Å²) in [5.74, 6) is 1.22. The number of rotatable bonds is 5. The molecule has 1 amide bonds. The third-order valence-electron chi connectivity index (χ3n) is 5.89. The number of benzene rings is 1. The van der Waals surface area contributed by atoms with Crippen LogP contribution in [-0.2, 0) is 16.0 Å². The zero-order valence-electron chi connectivity index (χ0n) is 17.2. The molecule has 3 heterocycles. The standard InChI is InChI=1S/C23H29N3O3/c1-17-22(18(2)29-24-17)11-23(27)26-13-20-12-25(21(14-26)16-28-15-20)10-6-9-19-7-4-3-5-8-19/h3-9,20-21H,10-16H2,1-2H3/t20-,21+/m1/s1. The topological polar surface area (TPSA) is 58.8 Å². The molecule has 6 nitrogen and oxygen atoms in total. The number of ether oxygens (including phenoxy) is 1. The number of aromatic nitrogens is 1. The summed E-state index contributed by atoms with van der Waals surface area (Å²) in [6.45, 7) is 8.42. The van der Waals surface area contributed by atoms with Gasteiger partial charge in [0.2, 0.25) is 5.91 Å². The van der Waals surface area contributed by atoms with Gasteiger partial charge in [0.05, 0.1) is 31.4 Å². The lowest BCUT2D eigenvalue weighted by Crippen LogP contribution is -2.46. The van der Waals surface area contributed by atoms with Gasteiger partial charge in [0, 0.05) is 37.7 Å². The van der Waals surface area contributed by atoms with Crippen molar-refractivity contribution in [2.75, 3.05) is 39.4 Å². The number of carbonyl (C=O) groups excluding carboxylic acids is 1. The van der Waals surface area contributed by atoms with Crippen molar-refractivity contribution in [2.24, 2.45) is 5.92 Å². The van der Waals surface area contributed by atoms with Crippen molar-refractivity contribution in [2.45, 2.75) is 26.3 Å². The third kappa shape index (κ3) is 4.77. The summed E-state index contributed by atoms with van der Waals surface area (Å²) in [5.41, 5.74) is 2.93. The lowest BCUT2D eigenvalue weighted by molar-refractivity contribution is -0.132. The van der Waals surface area contributed by atoms with Crippen LogP contribution in [0.3, 0.4) is 0 Å². The molecule has 0 radical (unpaired) electrons. The van der Waals surface area contributed by atoms with Crippen molar-refractivity contribution in [3.63, 3.8) is 0 Å². The molecule has 154 valence electrons. The average Bonchev–Trinajstić information content (AvgIpc) is 2.88. The van der Waals surface area contributed by atoms with Gasteiger partial charge in [-0.25, -0.2) is 0 Å². The highest BCUT2D eigenvalue weighted by molar-refractivity contribution is 5.79. The maximum atomic E-state index is 13.0. The monoisotopic (exact) mass is 395 g/mol. The van der Waals surface area contributed by atoms with Crippen LogP contribution in [0.15, 0.2) is 40.9 Å². The summed E-state index contributed by atoms with van der Waals surface area (Å²) < 4.78 is 11.1. The van der Waals surface area contributed by atoms with E-state index in [-0.39, 0.29) is 11.9 Å². The number of hydrogen-bond acceptors (Lipinski definition) is 5. The molecule has 0 saturated carbocycles. The second-order valence-corrected chi connectivity index (χ2v) is 8.10. The molecule has 29 heavy (non-hydrogen) atoms. The third-order valence-corrected chi connectivity index (χ3v) is 5.89. The normalized spacial score (nSPS) is 22.8. The fourth-order valence-corrected chi connectivity index (χ4v) is 4.26. The van der Waals surface area contributed by atoms with E-state index in [1.807, 2.05) is 24.8 Å². The molecule has 2 aliphatic rings. The first-order valence-corrected chi connectivity index (χ1v) is 10.3. The Morgan fingerprint density at radius 2 is 2.00 bits per heavy atom. The zero-order chi connectivity index (χ0) is 20.2. The first kappa shape index (κ1) is 19.9. The Kier molecular flexibility index (Phi) is 6.11. The molecule has 4 rings (SSSR count). The SMILES string of the molecule is Cc1noc(C)c1CC(=O)N1C[C@@H]2COC[C@H](C1)N(CC=Cc1ccccc1)C2. The van der Waals surface area contributed by atoms with Gasteiger partial charge < -0.3 is 14.2 Å². The molecule has 1 aromatic carbocycles. The Morgan fingerprint density at radius 3 is 2.76 bits per heavy atom. The molecule has 0 spiro atoms. The van der Waals surface area contributed by atoms with Crippen molar-refractivity contribution in [1.29, 1.82) is 0 Å². The van der Waals surface area contributed by atoms with Gasteiger partial charge in [-0.15, -0.1) is 0 Å². The van der Waals surface area contributed by atoms with E-state index in [1.54, 1.807) is 0 Å². The fraction of sp³-hybridized carbons (Fsp3) is 0.478. The number of amides is 1. The summed E-state index contributed by atoms with van der Waals surface area (Å²) in [5, 5.41) is 3.98. The van der Waals surface area contributed by atoms with Gasteiger partial charge in [0.15, 0.2) is 0 Å². The summed E-state index contributed by atoms with van der Waals surface area (Å²) in [4.78, 5) is 17.5. The molecule has 2 bridgehead atoms. The van der Waals surface area contributed by atoms with Gasteiger partial charge in [0.25, 0.3) is 0 Å². The predicted octanol–water partition coefficient (Wildman–Crippen LogP) is 2.71. The summed E-state index contributed by atoms with van der Waals surface area (Å²) >= 11 is 0. The van der Waals surface area contributed by atoms with Crippen LogP contribution in [0.2, 0.25) is 0 Å². The number of nitrogens with zero attached hydrogens (tertiary/aromatic N) is 3. The zero-order valence-corrected chi connectivity index (χ0v) is 17.2. The van der Waals surface area contributed by atoms with E-state index in [9.17, 15) is 4.79 Å². The minimum absolute atomic E-state index is 0.151. The molecule has 1 aromatic heterocycles. The Labute approximate surface area is 172 Å². The Hall–Kier alpha value is -2.44.